The van der Waals surface area contributed by atoms with Gasteiger partial charge in [-0.1, -0.05) is 11.6 Å². The lowest BCUT2D eigenvalue weighted by atomic mass is 10.2. The van der Waals surface area contributed by atoms with Crippen LogP contribution in [0.15, 0.2) is 12.3 Å². The Kier molecular flexibility index (Phi) is 4.30. The smallest absolute Gasteiger partial charge is 0.337 e. The van der Waals surface area contributed by atoms with Crippen molar-refractivity contribution in [3.8, 4) is 0 Å². The Morgan fingerprint density at radius 2 is 2.24 bits per heavy atom. The molecule has 0 atom stereocenters. The predicted molar refractivity (Wildman–Crippen MR) is 64.4 cm³/mol. The van der Waals surface area contributed by atoms with Crippen molar-refractivity contribution in [2.45, 2.75) is 0 Å². The highest BCUT2D eigenvalue weighted by molar-refractivity contribution is 7.90. The van der Waals surface area contributed by atoms with Crippen LogP contribution in [0.4, 0.5) is 5.82 Å². The van der Waals surface area contributed by atoms with E-state index in [1.165, 1.54) is 12.3 Å². The number of sulfone groups is 1. The van der Waals surface area contributed by atoms with Crippen LogP contribution >= 0.6 is 11.6 Å². The summed E-state index contributed by atoms with van der Waals surface area (Å²) < 4.78 is 21.8. The van der Waals surface area contributed by atoms with Gasteiger partial charge < -0.3 is 10.4 Å². The molecule has 17 heavy (non-hydrogen) atoms. The topological polar surface area (TPSA) is 96.4 Å². The maximum atomic E-state index is 10.9. The summed E-state index contributed by atoms with van der Waals surface area (Å²) in [7, 11) is -3.06. The molecule has 0 aliphatic carbocycles. The van der Waals surface area contributed by atoms with Crippen LogP contribution in [0.5, 0.6) is 0 Å². The fourth-order valence-corrected chi connectivity index (χ4v) is 1.72. The van der Waals surface area contributed by atoms with Crippen molar-refractivity contribution in [2.24, 2.45) is 0 Å². The fraction of sp³-hybridized carbons (Fsp3) is 0.333. The molecule has 94 valence electrons. The standard InChI is InChI=1S/C9H11ClN2O4S/c1-17(15,16)3-2-11-8-4-6(9(13)14)7(10)5-12-8/h4-5H,2-3H2,1H3,(H,11,12)(H,13,14). The second kappa shape index (κ2) is 5.33. The molecule has 1 aromatic rings. The molecule has 0 aliphatic rings. The minimum absolute atomic E-state index is 0.0335. The third-order valence-corrected chi connectivity index (χ3v) is 3.11. The number of nitrogens with one attached hydrogen (secondary N) is 1. The third-order valence-electron chi connectivity index (χ3n) is 1.86. The van der Waals surface area contributed by atoms with E-state index in [0.717, 1.165) is 6.26 Å². The van der Waals surface area contributed by atoms with Crippen LogP contribution in [-0.4, -0.2) is 43.0 Å². The number of carboxylic acids is 1. The molecule has 0 amide bonds. The van der Waals surface area contributed by atoms with Crippen molar-refractivity contribution in [2.75, 3.05) is 23.9 Å². The SMILES string of the molecule is CS(=O)(=O)CCNc1cc(C(=O)O)c(Cl)cn1. The molecule has 0 unspecified atom stereocenters. The number of hydrogen-bond acceptors (Lipinski definition) is 5. The average Bonchev–Trinajstić information content (AvgIpc) is 2.18. The number of nitrogens with zero attached hydrogens (tertiary/aromatic N) is 1. The summed E-state index contributed by atoms with van der Waals surface area (Å²) in [5.74, 6) is -0.946. The van der Waals surface area contributed by atoms with Gasteiger partial charge in [-0.3, -0.25) is 0 Å². The fourth-order valence-electron chi connectivity index (χ4n) is 1.06. The predicted octanol–water partition coefficient (Wildman–Crippen LogP) is 0.890. The van der Waals surface area contributed by atoms with Gasteiger partial charge in [-0.2, -0.15) is 0 Å². The molecule has 0 aliphatic heterocycles. The Bertz CT molecular complexity index is 530. The molecule has 1 aromatic heterocycles. The quantitative estimate of drug-likeness (QED) is 0.830. The lowest BCUT2D eigenvalue weighted by molar-refractivity contribution is 0.0697. The monoisotopic (exact) mass is 278 g/mol. The molecular weight excluding hydrogens is 268 g/mol. The average molecular weight is 279 g/mol. The van der Waals surface area contributed by atoms with Crippen LogP contribution in [0.2, 0.25) is 5.02 Å². The Labute approximate surface area is 104 Å². The van der Waals surface area contributed by atoms with Gasteiger partial charge in [0.05, 0.1) is 16.3 Å². The van der Waals surface area contributed by atoms with E-state index in [1.54, 1.807) is 0 Å². The first-order chi connectivity index (χ1) is 7.79. The first-order valence-electron chi connectivity index (χ1n) is 4.60. The highest BCUT2D eigenvalue weighted by Gasteiger charge is 2.10. The third kappa shape index (κ3) is 4.58. The van der Waals surface area contributed by atoms with Gasteiger partial charge in [-0.05, 0) is 6.07 Å². The van der Waals surface area contributed by atoms with Crippen molar-refractivity contribution in [1.82, 2.24) is 4.98 Å². The van der Waals surface area contributed by atoms with E-state index in [-0.39, 0.29) is 28.7 Å². The molecule has 2 N–H and O–H groups in total. The van der Waals surface area contributed by atoms with Crippen molar-refractivity contribution in [3.05, 3.63) is 22.8 Å². The lowest BCUT2D eigenvalue weighted by Gasteiger charge is -2.06. The number of halogens is 1. The first-order valence-corrected chi connectivity index (χ1v) is 7.04. The summed E-state index contributed by atoms with van der Waals surface area (Å²) in [5.41, 5.74) is -0.0801. The van der Waals surface area contributed by atoms with Crippen LogP contribution in [-0.2, 0) is 9.84 Å². The van der Waals surface area contributed by atoms with Gasteiger partial charge in [-0.15, -0.1) is 0 Å². The van der Waals surface area contributed by atoms with Crippen LogP contribution in [0.1, 0.15) is 10.4 Å². The normalized spacial score (nSPS) is 11.2. The molecule has 0 aromatic carbocycles. The maximum Gasteiger partial charge on any atom is 0.337 e. The Morgan fingerprint density at radius 1 is 1.59 bits per heavy atom. The molecule has 0 saturated carbocycles. The van der Waals surface area contributed by atoms with E-state index in [4.69, 9.17) is 16.7 Å². The van der Waals surface area contributed by atoms with Gasteiger partial charge in [0.25, 0.3) is 0 Å². The first kappa shape index (κ1) is 13.7. The van der Waals surface area contributed by atoms with Gasteiger partial charge in [0.1, 0.15) is 15.7 Å². The van der Waals surface area contributed by atoms with E-state index in [1.807, 2.05) is 0 Å². The zero-order valence-corrected chi connectivity index (χ0v) is 10.5. The molecular formula is C9H11ClN2O4S. The Hall–Kier alpha value is -1.34. The van der Waals surface area contributed by atoms with Gasteiger partial charge in [0.2, 0.25) is 0 Å². The van der Waals surface area contributed by atoms with E-state index in [2.05, 4.69) is 10.3 Å². The minimum atomic E-state index is -3.06. The van der Waals surface area contributed by atoms with E-state index in [9.17, 15) is 13.2 Å². The zero-order chi connectivity index (χ0) is 13.1. The summed E-state index contributed by atoms with van der Waals surface area (Å²) in [4.78, 5) is 14.6. The molecule has 1 heterocycles. The van der Waals surface area contributed by atoms with Crippen LogP contribution < -0.4 is 5.32 Å². The Balaban J connectivity index is 2.73. The van der Waals surface area contributed by atoms with Crippen molar-refractivity contribution in [3.63, 3.8) is 0 Å². The maximum absolute atomic E-state index is 10.9. The Morgan fingerprint density at radius 3 is 2.76 bits per heavy atom. The summed E-state index contributed by atoms with van der Waals surface area (Å²) in [5, 5.41) is 11.6. The molecule has 6 nitrogen and oxygen atoms in total. The number of carbonyl (C=O) groups is 1. The second-order valence-corrected chi connectivity index (χ2v) is 6.08. The summed E-state index contributed by atoms with van der Waals surface area (Å²) in [6.07, 6.45) is 2.32. The van der Waals surface area contributed by atoms with Crippen molar-refractivity contribution in [1.29, 1.82) is 0 Å². The van der Waals surface area contributed by atoms with E-state index < -0.39 is 15.8 Å². The molecule has 1 rings (SSSR count). The molecule has 0 saturated heterocycles. The molecule has 0 radical (unpaired) electrons. The van der Waals surface area contributed by atoms with Crippen LogP contribution in [0.25, 0.3) is 0 Å². The molecule has 0 bridgehead atoms. The number of aromatic nitrogens is 1. The summed E-state index contributed by atoms with van der Waals surface area (Å²) >= 11 is 5.63. The number of aromatic carboxylic acids is 1. The number of rotatable bonds is 5. The number of hydrogen-bond donors (Lipinski definition) is 2. The summed E-state index contributed by atoms with van der Waals surface area (Å²) in [6, 6.07) is 1.26. The van der Waals surface area contributed by atoms with E-state index >= 15 is 0 Å². The van der Waals surface area contributed by atoms with Gasteiger partial charge in [0.15, 0.2) is 0 Å². The van der Waals surface area contributed by atoms with Crippen molar-refractivity contribution >= 4 is 33.2 Å². The molecule has 8 heteroatoms. The highest BCUT2D eigenvalue weighted by Crippen LogP contribution is 2.17. The molecule has 0 spiro atoms. The van der Waals surface area contributed by atoms with Gasteiger partial charge >= 0.3 is 5.97 Å². The summed E-state index contributed by atoms with van der Waals surface area (Å²) in [6.45, 7) is 0.159. The van der Waals surface area contributed by atoms with Crippen LogP contribution in [0, 0.1) is 0 Å². The number of pyridine rings is 1. The highest BCUT2D eigenvalue weighted by atomic mass is 35.5. The zero-order valence-electron chi connectivity index (χ0n) is 8.97. The second-order valence-electron chi connectivity index (χ2n) is 3.41. The minimum Gasteiger partial charge on any atom is -0.478 e. The number of carboxylic acid groups (broad SMARTS) is 1. The van der Waals surface area contributed by atoms with Gasteiger partial charge in [-0.25, -0.2) is 18.2 Å². The van der Waals surface area contributed by atoms with Crippen LogP contribution in [0.3, 0.4) is 0 Å². The molecule has 0 fully saturated rings. The largest absolute Gasteiger partial charge is 0.478 e. The van der Waals surface area contributed by atoms with Crippen molar-refractivity contribution < 1.29 is 18.3 Å². The number of anilines is 1. The van der Waals surface area contributed by atoms with E-state index in [0.29, 0.717) is 0 Å². The lowest BCUT2D eigenvalue weighted by Crippen LogP contribution is -2.15. The van der Waals surface area contributed by atoms with Gasteiger partial charge in [0, 0.05) is 19.0 Å².